The standard InChI is InChI=1S/C6H10O2.2C3H6O/c1-3-7-6-2-4-8-5(1)6;2*1-3-4-2/h5-6H,1-4H2;2*3H,1H2,2H3. The van der Waals surface area contributed by atoms with E-state index in [1.807, 2.05) is 0 Å². The number of hydrogen-bond donors (Lipinski definition) is 0. The van der Waals surface area contributed by atoms with Crippen molar-refractivity contribution < 1.29 is 18.9 Å². The number of fused-ring (bicyclic) bond motifs is 1. The molecule has 2 rings (SSSR count). The SMILES string of the molecule is C1CC2OCCC2O1.C=COC.C=COC. The maximum Gasteiger partial charge on any atom is 0.0859 e. The number of ether oxygens (including phenoxy) is 4. The van der Waals surface area contributed by atoms with Gasteiger partial charge in [0.15, 0.2) is 0 Å². The molecule has 0 aromatic heterocycles. The molecule has 16 heavy (non-hydrogen) atoms. The third kappa shape index (κ3) is 6.48. The molecule has 0 bridgehead atoms. The quantitative estimate of drug-likeness (QED) is 0.681. The molecule has 0 saturated carbocycles. The van der Waals surface area contributed by atoms with Crippen LogP contribution in [0, 0.1) is 0 Å². The van der Waals surface area contributed by atoms with Crippen LogP contribution in [0.15, 0.2) is 25.7 Å². The third-order valence-corrected chi connectivity index (χ3v) is 2.22. The van der Waals surface area contributed by atoms with Crippen molar-refractivity contribution in [3.63, 3.8) is 0 Å². The molecule has 94 valence electrons. The van der Waals surface area contributed by atoms with Gasteiger partial charge in [-0.2, -0.15) is 0 Å². The van der Waals surface area contributed by atoms with Crippen molar-refractivity contribution >= 4 is 0 Å². The second-order valence-electron chi connectivity index (χ2n) is 3.20. The lowest BCUT2D eigenvalue weighted by Gasteiger charge is -2.03. The summed E-state index contributed by atoms with van der Waals surface area (Å²) < 4.78 is 19.3. The van der Waals surface area contributed by atoms with Crippen LogP contribution in [0.25, 0.3) is 0 Å². The minimum Gasteiger partial charge on any atom is -0.505 e. The van der Waals surface area contributed by atoms with Gasteiger partial charge in [-0.25, -0.2) is 0 Å². The first kappa shape index (κ1) is 15.0. The van der Waals surface area contributed by atoms with Crippen LogP contribution in [0.3, 0.4) is 0 Å². The van der Waals surface area contributed by atoms with E-state index in [1.165, 1.54) is 12.5 Å². The molecule has 4 heteroatoms. The van der Waals surface area contributed by atoms with Crippen LogP contribution in [0.4, 0.5) is 0 Å². The largest absolute Gasteiger partial charge is 0.505 e. The van der Waals surface area contributed by atoms with E-state index in [4.69, 9.17) is 9.47 Å². The second kappa shape index (κ2) is 10.5. The maximum absolute atomic E-state index is 5.35. The Morgan fingerprint density at radius 3 is 1.50 bits per heavy atom. The van der Waals surface area contributed by atoms with E-state index in [1.54, 1.807) is 14.2 Å². The molecule has 2 atom stereocenters. The molecule has 4 nitrogen and oxygen atoms in total. The van der Waals surface area contributed by atoms with Crippen molar-refractivity contribution in [3.05, 3.63) is 25.7 Å². The lowest BCUT2D eigenvalue weighted by molar-refractivity contribution is 0.0732. The van der Waals surface area contributed by atoms with Gasteiger partial charge in [-0.15, -0.1) is 0 Å². The fourth-order valence-corrected chi connectivity index (χ4v) is 1.42. The van der Waals surface area contributed by atoms with Crippen molar-refractivity contribution in [2.45, 2.75) is 25.0 Å². The van der Waals surface area contributed by atoms with Crippen molar-refractivity contribution in [1.29, 1.82) is 0 Å². The van der Waals surface area contributed by atoms with E-state index in [0.717, 1.165) is 26.1 Å². The van der Waals surface area contributed by atoms with Crippen LogP contribution in [0.2, 0.25) is 0 Å². The van der Waals surface area contributed by atoms with Crippen molar-refractivity contribution in [1.82, 2.24) is 0 Å². The van der Waals surface area contributed by atoms with Crippen LogP contribution in [-0.4, -0.2) is 39.6 Å². The molecule has 2 unspecified atom stereocenters. The number of rotatable bonds is 2. The predicted octanol–water partition coefficient (Wildman–Crippen LogP) is 2.12. The summed E-state index contributed by atoms with van der Waals surface area (Å²) in [6.07, 6.45) is 5.89. The zero-order chi connectivity index (χ0) is 12.2. The highest BCUT2D eigenvalue weighted by molar-refractivity contribution is 4.81. The average molecular weight is 230 g/mol. The van der Waals surface area contributed by atoms with E-state index < -0.39 is 0 Å². The zero-order valence-corrected chi connectivity index (χ0v) is 10.2. The summed E-state index contributed by atoms with van der Waals surface area (Å²) in [4.78, 5) is 0. The molecule has 2 heterocycles. The first-order chi connectivity index (χ1) is 7.79. The molecule has 0 aromatic rings. The molecule has 0 spiro atoms. The van der Waals surface area contributed by atoms with Crippen LogP contribution < -0.4 is 0 Å². The summed E-state index contributed by atoms with van der Waals surface area (Å²) in [5, 5.41) is 0. The molecule has 0 radical (unpaired) electrons. The first-order valence-corrected chi connectivity index (χ1v) is 5.30. The average Bonchev–Trinajstić information content (AvgIpc) is 2.92. The molecule has 0 aliphatic carbocycles. The molecule has 0 aromatic carbocycles. The summed E-state index contributed by atoms with van der Waals surface area (Å²) in [5.74, 6) is 0. The van der Waals surface area contributed by atoms with Gasteiger partial charge in [-0.3, -0.25) is 0 Å². The lowest BCUT2D eigenvalue weighted by Crippen LogP contribution is -2.13. The fraction of sp³-hybridized carbons (Fsp3) is 0.667. The van der Waals surface area contributed by atoms with Gasteiger partial charge in [-0.05, 0) is 12.8 Å². The van der Waals surface area contributed by atoms with Crippen molar-refractivity contribution in [2.24, 2.45) is 0 Å². The van der Waals surface area contributed by atoms with Crippen LogP contribution in [0.5, 0.6) is 0 Å². The van der Waals surface area contributed by atoms with Gasteiger partial charge >= 0.3 is 0 Å². The topological polar surface area (TPSA) is 36.9 Å². The third-order valence-electron chi connectivity index (χ3n) is 2.22. The predicted molar refractivity (Wildman–Crippen MR) is 63.1 cm³/mol. The van der Waals surface area contributed by atoms with Crippen LogP contribution in [-0.2, 0) is 18.9 Å². The van der Waals surface area contributed by atoms with Gasteiger partial charge in [0.05, 0.1) is 39.0 Å². The Balaban J connectivity index is 0.000000244. The zero-order valence-electron chi connectivity index (χ0n) is 10.2. The van der Waals surface area contributed by atoms with Crippen molar-refractivity contribution in [3.8, 4) is 0 Å². The number of methoxy groups -OCH3 is 2. The molecular weight excluding hydrogens is 208 g/mol. The molecule has 2 aliphatic heterocycles. The molecule has 2 saturated heterocycles. The Bertz CT molecular complexity index is 154. The Morgan fingerprint density at radius 2 is 1.25 bits per heavy atom. The van der Waals surface area contributed by atoms with Gasteiger partial charge in [-0.1, -0.05) is 13.2 Å². The molecular formula is C12H22O4. The Morgan fingerprint density at radius 1 is 0.938 bits per heavy atom. The Hall–Kier alpha value is -1.00. The summed E-state index contributed by atoms with van der Waals surface area (Å²) in [6.45, 7) is 8.34. The fourth-order valence-electron chi connectivity index (χ4n) is 1.42. The van der Waals surface area contributed by atoms with Crippen LogP contribution in [0.1, 0.15) is 12.8 Å². The smallest absolute Gasteiger partial charge is 0.0859 e. The van der Waals surface area contributed by atoms with E-state index in [-0.39, 0.29) is 0 Å². The minimum absolute atomic E-state index is 0.454. The summed E-state index contributed by atoms with van der Waals surface area (Å²) in [7, 11) is 3.12. The highest BCUT2D eigenvalue weighted by Gasteiger charge is 2.33. The second-order valence-corrected chi connectivity index (χ2v) is 3.20. The molecule has 2 fully saturated rings. The molecule has 0 amide bonds. The summed E-state index contributed by atoms with van der Waals surface area (Å²) in [5.41, 5.74) is 0. The van der Waals surface area contributed by atoms with E-state index >= 15 is 0 Å². The molecule has 2 aliphatic rings. The van der Waals surface area contributed by atoms with E-state index in [9.17, 15) is 0 Å². The van der Waals surface area contributed by atoms with Gasteiger partial charge in [0.1, 0.15) is 0 Å². The Kier molecular flexibility index (Phi) is 9.86. The minimum atomic E-state index is 0.454. The Labute approximate surface area is 97.8 Å². The molecule has 0 N–H and O–H groups in total. The van der Waals surface area contributed by atoms with Gasteiger partial charge in [0.2, 0.25) is 0 Å². The van der Waals surface area contributed by atoms with E-state index in [0.29, 0.717) is 12.2 Å². The van der Waals surface area contributed by atoms with E-state index in [2.05, 4.69) is 22.6 Å². The normalized spacial score (nSPS) is 25.1. The number of hydrogen-bond acceptors (Lipinski definition) is 4. The summed E-state index contributed by atoms with van der Waals surface area (Å²) in [6, 6.07) is 0. The highest BCUT2D eigenvalue weighted by atomic mass is 16.6. The highest BCUT2D eigenvalue weighted by Crippen LogP contribution is 2.25. The monoisotopic (exact) mass is 230 g/mol. The van der Waals surface area contributed by atoms with Gasteiger partial charge < -0.3 is 18.9 Å². The maximum atomic E-state index is 5.35. The van der Waals surface area contributed by atoms with Gasteiger partial charge in [0.25, 0.3) is 0 Å². The van der Waals surface area contributed by atoms with Crippen molar-refractivity contribution in [2.75, 3.05) is 27.4 Å². The first-order valence-electron chi connectivity index (χ1n) is 5.30. The lowest BCUT2D eigenvalue weighted by atomic mass is 10.2. The van der Waals surface area contributed by atoms with Crippen LogP contribution >= 0.6 is 0 Å². The van der Waals surface area contributed by atoms with Gasteiger partial charge in [0, 0.05) is 13.2 Å². The summed E-state index contributed by atoms with van der Waals surface area (Å²) >= 11 is 0.